The molecule has 19 heavy (non-hydrogen) atoms. The van der Waals surface area contributed by atoms with E-state index in [0.29, 0.717) is 6.42 Å². The third-order valence-electron chi connectivity index (χ3n) is 6.21. The molecular formula is C16H23NO2. The van der Waals surface area contributed by atoms with Crippen LogP contribution >= 0.6 is 0 Å². The van der Waals surface area contributed by atoms with E-state index in [0.717, 1.165) is 43.4 Å². The summed E-state index contributed by atoms with van der Waals surface area (Å²) in [5, 5.41) is 0. The molecular weight excluding hydrogens is 238 g/mol. The van der Waals surface area contributed by atoms with Crippen LogP contribution in [0.2, 0.25) is 0 Å². The molecule has 1 saturated heterocycles. The second-order valence-electron chi connectivity index (χ2n) is 7.52. The first-order chi connectivity index (χ1) is 9.11. The van der Waals surface area contributed by atoms with Gasteiger partial charge in [-0.05, 0) is 62.7 Å². The molecule has 0 aromatic heterocycles. The SMILES string of the molecule is CCC1CC(=O)N(C23CC4CC(CC(C4)C2)C3)C1=O. The second kappa shape index (κ2) is 3.83. The molecule has 1 unspecified atom stereocenters. The van der Waals surface area contributed by atoms with Gasteiger partial charge in [0.1, 0.15) is 0 Å². The standard InChI is InChI=1S/C16H23NO2/c1-2-13-6-14(18)17(15(13)19)16-7-10-3-11(8-16)5-12(4-10)9-16/h10-13H,2-9H2,1H3. The van der Waals surface area contributed by atoms with Gasteiger partial charge in [-0.15, -0.1) is 0 Å². The monoisotopic (exact) mass is 261 g/mol. The molecule has 4 bridgehead atoms. The Morgan fingerprint density at radius 3 is 2.00 bits per heavy atom. The zero-order valence-electron chi connectivity index (χ0n) is 11.7. The smallest absolute Gasteiger partial charge is 0.233 e. The molecule has 1 aliphatic heterocycles. The first-order valence-electron chi connectivity index (χ1n) is 7.98. The predicted molar refractivity (Wildman–Crippen MR) is 71.2 cm³/mol. The molecule has 4 saturated carbocycles. The molecule has 0 aromatic carbocycles. The Balaban J connectivity index is 1.68. The van der Waals surface area contributed by atoms with Crippen molar-refractivity contribution in [2.24, 2.45) is 23.7 Å². The van der Waals surface area contributed by atoms with Crippen LogP contribution in [0.25, 0.3) is 0 Å². The van der Waals surface area contributed by atoms with Crippen LogP contribution in [0.4, 0.5) is 0 Å². The van der Waals surface area contributed by atoms with Crippen molar-refractivity contribution in [2.75, 3.05) is 0 Å². The Kier molecular flexibility index (Phi) is 2.40. The van der Waals surface area contributed by atoms with E-state index < -0.39 is 0 Å². The summed E-state index contributed by atoms with van der Waals surface area (Å²) in [4.78, 5) is 26.7. The lowest BCUT2D eigenvalue weighted by Crippen LogP contribution is -2.61. The fourth-order valence-corrected chi connectivity index (χ4v) is 5.85. The van der Waals surface area contributed by atoms with E-state index in [9.17, 15) is 9.59 Å². The van der Waals surface area contributed by atoms with Crippen molar-refractivity contribution in [3.05, 3.63) is 0 Å². The molecule has 0 radical (unpaired) electrons. The fourth-order valence-electron chi connectivity index (χ4n) is 5.85. The van der Waals surface area contributed by atoms with Gasteiger partial charge in [0.25, 0.3) is 0 Å². The van der Waals surface area contributed by atoms with Crippen molar-refractivity contribution in [1.82, 2.24) is 4.90 Å². The van der Waals surface area contributed by atoms with Crippen LogP contribution in [0.3, 0.4) is 0 Å². The largest absolute Gasteiger partial charge is 0.276 e. The molecule has 4 aliphatic carbocycles. The van der Waals surface area contributed by atoms with Crippen LogP contribution in [0.15, 0.2) is 0 Å². The molecule has 5 aliphatic rings. The van der Waals surface area contributed by atoms with Gasteiger partial charge in [0.2, 0.25) is 11.8 Å². The third kappa shape index (κ3) is 1.56. The van der Waals surface area contributed by atoms with E-state index in [-0.39, 0.29) is 23.3 Å². The highest BCUT2D eigenvalue weighted by atomic mass is 16.2. The number of hydrogen-bond donors (Lipinski definition) is 0. The minimum Gasteiger partial charge on any atom is -0.276 e. The quantitative estimate of drug-likeness (QED) is 0.717. The van der Waals surface area contributed by atoms with E-state index in [2.05, 4.69) is 0 Å². The lowest BCUT2D eigenvalue weighted by Gasteiger charge is -2.59. The fraction of sp³-hybridized carbons (Fsp3) is 0.875. The zero-order chi connectivity index (χ0) is 13.2. The van der Waals surface area contributed by atoms with Crippen LogP contribution in [0, 0.1) is 23.7 Å². The van der Waals surface area contributed by atoms with E-state index in [1.807, 2.05) is 6.92 Å². The van der Waals surface area contributed by atoms with E-state index in [1.54, 1.807) is 4.90 Å². The summed E-state index contributed by atoms with van der Waals surface area (Å²) in [5.41, 5.74) is -0.0627. The Morgan fingerprint density at radius 1 is 1.05 bits per heavy atom. The van der Waals surface area contributed by atoms with Crippen molar-refractivity contribution in [1.29, 1.82) is 0 Å². The van der Waals surface area contributed by atoms with Gasteiger partial charge in [-0.1, -0.05) is 6.92 Å². The lowest BCUT2D eigenvalue weighted by atomic mass is 9.52. The Morgan fingerprint density at radius 2 is 1.58 bits per heavy atom. The molecule has 2 amide bonds. The number of rotatable bonds is 2. The van der Waals surface area contributed by atoms with E-state index in [4.69, 9.17) is 0 Å². The molecule has 104 valence electrons. The third-order valence-corrected chi connectivity index (χ3v) is 6.21. The molecule has 0 N–H and O–H groups in total. The maximum atomic E-state index is 12.6. The molecule has 5 fully saturated rings. The average molecular weight is 261 g/mol. The van der Waals surface area contributed by atoms with E-state index >= 15 is 0 Å². The van der Waals surface area contributed by atoms with Gasteiger partial charge in [-0.2, -0.15) is 0 Å². The van der Waals surface area contributed by atoms with Gasteiger partial charge in [-0.3, -0.25) is 14.5 Å². The first-order valence-corrected chi connectivity index (χ1v) is 7.98. The maximum Gasteiger partial charge on any atom is 0.233 e. The summed E-state index contributed by atoms with van der Waals surface area (Å²) in [6, 6.07) is 0. The zero-order valence-corrected chi connectivity index (χ0v) is 11.7. The molecule has 3 heteroatoms. The van der Waals surface area contributed by atoms with Crippen LogP contribution in [-0.2, 0) is 9.59 Å². The summed E-state index contributed by atoms with van der Waals surface area (Å²) in [5.74, 6) is 2.60. The molecule has 0 spiro atoms. The van der Waals surface area contributed by atoms with Crippen LogP contribution in [0.1, 0.15) is 58.3 Å². The van der Waals surface area contributed by atoms with Crippen molar-refractivity contribution in [2.45, 2.75) is 63.8 Å². The van der Waals surface area contributed by atoms with E-state index in [1.165, 1.54) is 19.3 Å². The average Bonchev–Trinajstić information content (AvgIpc) is 2.62. The van der Waals surface area contributed by atoms with Gasteiger partial charge in [0.15, 0.2) is 0 Å². The molecule has 1 heterocycles. The summed E-state index contributed by atoms with van der Waals surface area (Å²) in [7, 11) is 0. The molecule has 5 rings (SSSR count). The lowest BCUT2D eigenvalue weighted by molar-refractivity contribution is -0.158. The van der Waals surface area contributed by atoms with Gasteiger partial charge in [0.05, 0.1) is 5.54 Å². The summed E-state index contributed by atoms with van der Waals surface area (Å²) in [6.45, 7) is 2.03. The summed E-state index contributed by atoms with van der Waals surface area (Å²) in [6.07, 6.45) is 8.66. The highest BCUT2D eigenvalue weighted by molar-refractivity contribution is 6.04. The number of likely N-dealkylation sites (tertiary alicyclic amines) is 1. The Labute approximate surface area is 114 Å². The topological polar surface area (TPSA) is 37.4 Å². The van der Waals surface area contributed by atoms with Gasteiger partial charge in [0, 0.05) is 12.3 Å². The number of amides is 2. The summed E-state index contributed by atoms with van der Waals surface area (Å²) < 4.78 is 0. The maximum absolute atomic E-state index is 12.6. The first kappa shape index (κ1) is 11.9. The van der Waals surface area contributed by atoms with Crippen molar-refractivity contribution in [3.63, 3.8) is 0 Å². The predicted octanol–water partition coefficient (Wildman–Crippen LogP) is 2.74. The van der Waals surface area contributed by atoms with Crippen LogP contribution in [0.5, 0.6) is 0 Å². The molecule has 3 nitrogen and oxygen atoms in total. The minimum atomic E-state index is -0.0627. The van der Waals surface area contributed by atoms with Crippen molar-refractivity contribution in [3.8, 4) is 0 Å². The van der Waals surface area contributed by atoms with Gasteiger partial charge >= 0.3 is 0 Å². The Hall–Kier alpha value is -0.860. The van der Waals surface area contributed by atoms with Crippen molar-refractivity contribution >= 4 is 11.8 Å². The number of carbonyl (C=O) groups is 2. The van der Waals surface area contributed by atoms with Crippen LogP contribution in [-0.4, -0.2) is 22.3 Å². The molecule has 1 atom stereocenters. The number of nitrogens with zero attached hydrogens (tertiary/aromatic N) is 1. The van der Waals surface area contributed by atoms with Gasteiger partial charge < -0.3 is 0 Å². The number of carbonyl (C=O) groups excluding carboxylic acids is 2. The van der Waals surface area contributed by atoms with Crippen molar-refractivity contribution < 1.29 is 9.59 Å². The number of imide groups is 1. The highest BCUT2D eigenvalue weighted by Gasteiger charge is 2.58. The summed E-state index contributed by atoms with van der Waals surface area (Å²) >= 11 is 0. The highest BCUT2D eigenvalue weighted by Crippen LogP contribution is 2.58. The second-order valence-corrected chi connectivity index (χ2v) is 7.52. The minimum absolute atomic E-state index is 0.0273. The van der Waals surface area contributed by atoms with Crippen LogP contribution < -0.4 is 0 Å². The normalized spacial score (nSPS) is 48.4. The Bertz CT molecular complexity index is 407. The molecule has 0 aromatic rings. The number of hydrogen-bond acceptors (Lipinski definition) is 2. The van der Waals surface area contributed by atoms with Gasteiger partial charge in [-0.25, -0.2) is 0 Å².